The second-order valence-electron chi connectivity index (χ2n) is 8.50. The van der Waals surface area contributed by atoms with E-state index in [1.54, 1.807) is 48.5 Å². The summed E-state index contributed by atoms with van der Waals surface area (Å²) in [6, 6.07) is 16.5. The summed E-state index contributed by atoms with van der Waals surface area (Å²) < 4.78 is 34.9. The van der Waals surface area contributed by atoms with Crippen LogP contribution in [0, 0.1) is 11.8 Å². The summed E-state index contributed by atoms with van der Waals surface area (Å²) in [7, 11) is -3.81. The molecule has 10 heteroatoms. The monoisotopic (exact) mass is 572 g/mol. The number of ether oxygens (including phenoxy) is 1. The summed E-state index contributed by atoms with van der Waals surface area (Å²) in [5, 5.41) is 10.8. The predicted octanol–water partition coefficient (Wildman–Crippen LogP) is 6.81. The number of benzene rings is 3. The Morgan fingerprint density at radius 2 is 1.70 bits per heavy atom. The van der Waals surface area contributed by atoms with Gasteiger partial charge in [-0.2, -0.15) is 0 Å². The molecule has 0 unspecified atom stereocenters. The molecule has 1 aromatic heterocycles. The van der Waals surface area contributed by atoms with Gasteiger partial charge in [0.15, 0.2) is 0 Å². The molecule has 0 bridgehead atoms. The molecular formula is C27H19Cl3N2O4S. The van der Waals surface area contributed by atoms with Gasteiger partial charge in [-0.25, -0.2) is 13.6 Å². The van der Waals surface area contributed by atoms with Crippen molar-refractivity contribution in [3.8, 4) is 28.8 Å². The standard InChI is InChI=1S/C27H19Cl3N2O4S/c28-22-5-2-6-23(29)25(22)26-21(27(36-32-26)18-9-10-18)15-35-19-12-11-17(24(30)14-19)8-7-16-3-1-4-20(13-16)37(31,33)34/h1-6,11-14,18H,9-10,15H2,(H2,31,33,34). The normalized spacial score (nSPS) is 13.2. The van der Waals surface area contributed by atoms with Crippen molar-refractivity contribution in [1.29, 1.82) is 0 Å². The summed E-state index contributed by atoms with van der Waals surface area (Å²) in [5.41, 5.74) is 3.02. The molecule has 1 aliphatic carbocycles. The first kappa shape index (κ1) is 25.7. The molecule has 0 spiro atoms. The summed E-state index contributed by atoms with van der Waals surface area (Å²) in [4.78, 5) is -0.00843. The molecule has 1 saturated carbocycles. The minimum Gasteiger partial charge on any atom is -0.489 e. The maximum atomic E-state index is 11.6. The molecule has 1 fully saturated rings. The van der Waals surface area contributed by atoms with Crippen molar-refractivity contribution in [2.24, 2.45) is 5.14 Å². The van der Waals surface area contributed by atoms with Crippen LogP contribution in [0.5, 0.6) is 5.75 Å². The Kier molecular flexibility index (Phi) is 7.21. The van der Waals surface area contributed by atoms with Crippen molar-refractivity contribution >= 4 is 44.8 Å². The zero-order chi connectivity index (χ0) is 26.2. The SMILES string of the molecule is NS(=O)(=O)c1cccc(C#Cc2ccc(OCc3c(-c4c(Cl)cccc4Cl)noc3C3CC3)cc2Cl)c1. The second-order valence-corrected chi connectivity index (χ2v) is 11.3. The van der Waals surface area contributed by atoms with E-state index < -0.39 is 10.0 Å². The molecular weight excluding hydrogens is 555 g/mol. The van der Waals surface area contributed by atoms with Crippen LogP contribution in [0.25, 0.3) is 11.3 Å². The van der Waals surface area contributed by atoms with Gasteiger partial charge in [-0.1, -0.05) is 63.9 Å². The van der Waals surface area contributed by atoms with E-state index in [1.165, 1.54) is 12.1 Å². The van der Waals surface area contributed by atoms with Crippen LogP contribution in [0.2, 0.25) is 15.1 Å². The quantitative estimate of drug-likeness (QED) is 0.256. The van der Waals surface area contributed by atoms with E-state index in [0.29, 0.717) is 49.1 Å². The lowest BCUT2D eigenvalue weighted by Gasteiger charge is -2.10. The Hall–Kier alpha value is -2.99. The fraction of sp³-hybridized carbons (Fsp3) is 0.148. The van der Waals surface area contributed by atoms with Crippen LogP contribution in [0.3, 0.4) is 0 Å². The van der Waals surface area contributed by atoms with Crippen LogP contribution in [0.1, 0.15) is 41.2 Å². The van der Waals surface area contributed by atoms with Crippen LogP contribution in [-0.2, 0) is 16.6 Å². The van der Waals surface area contributed by atoms with Crippen molar-refractivity contribution < 1.29 is 17.7 Å². The highest BCUT2D eigenvalue weighted by Crippen LogP contribution is 2.46. The number of aromatic nitrogens is 1. The minimum absolute atomic E-state index is 0.00843. The third kappa shape index (κ3) is 5.80. The molecule has 2 N–H and O–H groups in total. The van der Waals surface area contributed by atoms with Crippen molar-refractivity contribution in [3.63, 3.8) is 0 Å². The van der Waals surface area contributed by atoms with Gasteiger partial charge in [0.2, 0.25) is 10.0 Å². The van der Waals surface area contributed by atoms with E-state index >= 15 is 0 Å². The number of nitrogens with two attached hydrogens (primary N) is 1. The average molecular weight is 574 g/mol. The Morgan fingerprint density at radius 3 is 2.38 bits per heavy atom. The summed E-state index contributed by atoms with van der Waals surface area (Å²) in [6.45, 7) is 0.188. The smallest absolute Gasteiger partial charge is 0.238 e. The zero-order valence-electron chi connectivity index (χ0n) is 19.2. The summed E-state index contributed by atoms with van der Waals surface area (Å²) >= 11 is 19.3. The maximum absolute atomic E-state index is 11.6. The van der Waals surface area contributed by atoms with E-state index in [9.17, 15) is 8.42 Å². The Balaban J connectivity index is 1.37. The van der Waals surface area contributed by atoms with Gasteiger partial charge in [-0.15, -0.1) is 0 Å². The first-order valence-electron chi connectivity index (χ1n) is 11.2. The third-order valence-corrected chi connectivity index (χ3v) is 7.65. The van der Waals surface area contributed by atoms with E-state index in [2.05, 4.69) is 17.0 Å². The molecule has 5 rings (SSSR count). The molecule has 0 atom stereocenters. The lowest BCUT2D eigenvalue weighted by Crippen LogP contribution is -2.11. The summed E-state index contributed by atoms with van der Waals surface area (Å²) in [6.07, 6.45) is 2.05. The van der Waals surface area contributed by atoms with Gasteiger partial charge in [0.1, 0.15) is 23.8 Å². The number of hydrogen-bond donors (Lipinski definition) is 1. The molecule has 0 amide bonds. The lowest BCUT2D eigenvalue weighted by atomic mass is 10.0. The van der Waals surface area contributed by atoms with E-state index in [1.807, 2.05) is 0 Å². The van der Waals surface area contributed by atoms with Crippen LogP contribution in [0.4, 0.5) is 0 Å². The van der Waals surface area contributed by atoms with Gasteiger partial charge in [-0.3, -0.25) is 0 Å². The van der Waals surface area contributed by atoms with Gasteiger partial charge < -0.3 is 9.26 Å². The number of sulfonamides is 1. The van der Waals surface area contributed by atoms with Crippen LogP contribution in [0.15, 0.2) is 70.1 Å². The Labute approximate surface area is 229 Å². The van der Waals surface area contributed by atoms with Gasteiger partial charge in [0.05, 0.1) is 25.5 Å². The molecule has 6 nitrogen and oxygen atoms in total. The van der Waals surface area contributed by atoms with Crippen molar-refractivity contribution in [2.75, 3.05) is 0 Å². The van der Waals surface area contributed by atoms with Crippen molar-refractivity contribution in [1.82, 2.24) is 5.16 Å². The highest BCUT2D eigenvalue weighted by atomic mass is 35.5. The molecule has 0 saturated heterocycles. The van der Waals surface area contributed by atoms with E-state index in [0.717, 1.165) is 24.2 Å². The molecule has 3 aromatic carbocycles. The number of primary sulfonamides is 1. The maximum Gasteiger partial charge on any atom is 0.238 e. The van der Waals surface area contributed by atoms with E-state index in [4.69, 9.17) is 49.2 Å². The van der Waals surface area contributed by atoms with Gasteiger partial charge in [0.25, 0.3) is 0 Å². The molecule has 1 heterocycles. The first-order valence-corrected chi connectivity index (χ1v) is 13.9. The predicted molar refractivity (Wildman–Crippen MR) is 144 cm³/mol. The number of nitrogens with zero attached hydrogens (tertiary/aromatic N) is 1. The van der Waals surface area contributed by atoms with Crippen molar-refractivity contribution in [3.05, 3.63) is 98.2 Å². The molecule has 188 valence electrons. The minimum atomic E-state index is -3.81. The Bertz CT molecular complexity index is 1650. The van der Waals surface area contributed by atoms with Crippen molar-refractivity contribution in [2.45, 2.75) is 30.3 Å². The number of rotatable bonds is 6. The van der Waals surface area contributed by atoms with Crippen LogP contribution >= 0.6 is 34.8 Å². The number of halogens is 3. The highest BCUT2D eigenvalue weighted by Gasteiger charge is 2.33. The largest absolute Gasteiger partial charge is 0.489 e. The first-order chi connectivity index (χ1) is 17.7. The highest BCUT2D eigenvalue weighted by molar-refractivity contribution is 7.89. The van der Waals surface area contributed by atoms with E-state index in [-0.39, 0.29) is 11.5 Å². The second kappa shape index (κ2) is 10.4. The van der Waals surface area contributed by atoms with Gasteiger partial charge >= 0.3 is 0 Å². The zero-order valence-corrected chi connectivity index (χ0v) is 22.3. The third-order valence-electron chi connectivity index (χ3n) is 5.79. The Morgan fingerprint density at radius 1 is 0.973 bits per heavy atom. The molecule has 1 aliphatic rings. The molecule has 37 heavy (non-hydrogen) atoms. The van der Waals surface area contributed by atoms with Crippen LogP contribution < -0.4 is 9.88 Å². The molecule has 4 aromatic rings. The summed E-state index contributed by atoms with van der Waals surface area (Å²) in [5.74, 6) is 7.48. The topological polar surface area (TPSA) is 95.4 Å². The molecule has 0 radical (unpaired) electrons. The fourth-order valence-electron chi connectivity index (χ4n) is 3.78. The fourth-order valence-corrected chi connectivity index (χ4v) is 5.13. The van der Waals surface area contributed by atoms with Gasteiger partial charge in [0, 0.05) is 28.7 Å². The van der Waals surface area contributed by atoms with Gasteiger partial charge in [-0.05, 0) is 55.3 Å². The average Bonchev–Trinajstić information content (AvgIpc) is 3.62. The lowest BCUT2D eigenvalue weighted by molar-refractivity contribution is 0.300. The molecule has 0 aliphatic heterocycles. The van der Waals surface area contributed by atoms with Crippen LogP contribution in [-0.4, -0.2) is 13.6 Å². The number of hydrogen-bond acceptors (Lipinski definition) is 5.